The molecule has 0 amide bonds. The Bertz CT molecular complexity index is 606. The van der Waals surface area contributed by atoms with Crippen LogP contribution in [0, 0.1) is 34.6 Å². The molecule has 0 heterocycles. The summed E-state index contributed by atoms with van der Waals surface area (Å²) >= 11 is 0. The molecule has 0 saturated carbocycles. The molecule has 19 heavy (non-hydrogen) atoms. The lowest BCUT2D eigenvalue weighted by Crippen LogP contribution is -2.03. The minimum atomic E-state index is 0.457. The van der Waals surface area contributed by atoms with Gasteiger partial charge in [-0.05, 0) is 62.4 Å². The SMILES string of the molecule is Cc1ccc(C)c(C(C)c2cc(C)cc(C)c2C)c1. The van der Waals surface area contributed by atoms with E-state index < -0.39 is 0 Å². The van der Waals surface area contributed by atoms with E-state index in [1.807, 2.05) is 0 Å². The molecule has 0 aliphatic rings. The number of rotatable bonds is 2. The number of aryl methyl sites for hydroxylation is 4. The third kappa shape index (κ3) is 2.73. The van der Waals surface area contributed by atoms with Gasteiger partial charge in [0.05, 0.1) is 0 Å². The topological polar surface area (TPSA) is 0 Å². The van der Waals surface area contributed by atoms with Crippen LogP contribution in [-0.4, -0.2) is 0 Å². The van der Waals surface area contributed by atoms with E-state index in [4.69, 9.17) is 0 Å². The lowest BCUT2D eigenvalue weighted by Gasteiger charge is -2.20. The van der Waals surface area contributed by atoms with E-state index in [1.54, 1.807) is 0 Å². The molecule has 0 nitrogen and oxygen atoms in total. The summed E-state index contributed by atoms with van der Waals surface area (Å²) in [4.78, 5) is 0. The second-order valence-electron chi connectivity index (χ2n) is 5.88. The fourth-order valence-electron chi connectivity index (χ4n) is 2.92. The maximum atomic E-state index is 2.34. The summed E-state index contributed by atoms with van der Waals surface area (Å²) in [6.45, 7) is 13.3. The van der Waals surface area contributed by atoms with Crippen molar-refractivity contribution in [3.05, 3.63) is 69.3 Å². The standard InChI is InChI=1S/C19H24/c1-12-7-8-14(3)18(10-12)17(6)19-11-13(2)9-15(4)16(19)5/h7-11,17H,1-6H3. The summed E-state index contributed by atoms with van der Waals surface area (Å²) in [6.07, 6.45) is 0. The van der Waals surface area contributed by atoms with Gasteiger partial charge in [-0.1, -0.05) is 48.4 Å². The van der Waals surface area contributed by atoms with Gasteiger partial charge in [0.25, 0.3) is 0 Å². The fourth-order valence-corrected chi connectivity index (χ4v) is 2.92. The van der Waals surface area contributed by atoms with Crippen LogP contribution in [0.2, 0.25) is 0 Å². The predicted molar refractivity (Wildman–Crippen MR) is 84.1 cm³/mol. The Kier molecular flexibility index (Phi) is 3.80. The third-order valence-electron chi connectivity index (χ3n) is 4.22. The van der Waals surface area contributed by atoms with Crippen molar-refractivity contribution in [2.75, 3.05) is 0 Å². The highest BCUT2D eigenvalue weighted by atomic mass is 14.2. The van der Waals surface area contributed by atoms with Crippen LogP contribution in [0.5, 0.6) is 0 Å². The van der Waals surface area contributed by atoms with Crippen LogP contribution in [-0.2, 0) is 0 Å². The van der Waals surface area contributed by atoms with E-state index >= 15 is 0 Å². The molecule has 2 aromatic carbocycles. The molecule has 2 aromatic rings. The average molecular weight is 252 g/mol. The Labute approximate surface area is 117 Å². The molecule has 0 saturated heterocycles. The Balaban J connectivity index is 2.55. The van der Waals surface area contributed by atoms with Crippen LogP contribution in [0.4, 0.5) is 0 Å². The minimum Gasteiger partial charge on any atom is -0.0590 e. The molecule has 1 unspecified atom stereocenters. The van der Waals surface area contributed by atoms with Gasteiger partial charge < -0.3 is 0 Å². The zero-order valence-corrected chi connectivity index (χ0v) is 13.0. The lowest BCUT2D eigenvalue weighted by atomic mass is 9.85. The minimum absolute atomic E-state index is 0.457. The van der Waals surface area contributed by atoms with Gasteiger partial charge in [0.1, 0.15) is 0 Å². The fraction of sp³-hybridized carbons (Fsp3) is 0.368. The molecule has 0 radical (unpaired) electrons. The Hall–Kier alpha value is -1.56. The number of hydrogen-bond acceptors (Lipinski definition) is 0. The molecule has 2 rings (SSSR count). The van der Waals surface area contributed by atoms with Gasteiger partial charge in [0.15, 0.2) is 0 Å². The maximum Gasteiger partial charge on any atom is 0.00665 e. The van der Waals surface area contributed by atoms with Gasteiger partial charge in [0, 0.05) is 5.92 Å². The van der Waals surface area contributed by atoms with Crippen molar-refractivity contribution in [1.82, 2.24) is 0 Å². The van der Waals surface area contributed by atoms with E-state index in [2.05, 4.69) is 71.9 Å². The highest BCUT2D eigenvalue weighted by Crippen LogP contribution is 2.31. The van der Waals surface area contributed by atoms with E-state index in [0.29, 0.717) is 5.92 Å². The molecule has 0 N–H and O–H groups in total. The first-order chi connectivity index (χ1) is 8.90. The van der Waals surface area contributed by atoms with Gasteiger partial charge in [0.2, 0.25) is 0 Å². The van der Waals surface area contributed by atoms with Gasteiger partial charge in [-0.15, -0.1) is 0 Å². The van der Waals surface area contributed by atoms with Crippen molar-refractivity contribution in [2.24, 2.45) is 0 Å². The van der Waals surface area contributed by atoms with Crippen molar-refractivity contribution in [3.63, 3.8) is 0 Å². The van der Waals surface area contributed by atoms with E-state index in [0.717, 1.165) is 0 Å². The summed E-state index contributed by atoms with van der Waals surface area (Å²) < 4.78 is 0. The van der Waals surface area contributed by atoms with Crippen molar-refractivity contribution in [3.8, 4) is 0 Å². The first-order valence-electron chi connectivity index (χ1n) is 7.05. The molecule has 0 heteroatoms. The summed E-state index contributed by atoms with van der Waals surface area (Å²) in [5.74, 6) is 0.457. The predicted octanol–water partition coefficient (Wildman–Crippen LogP) is 5.38. The molecule has 0 fully saturated rings. The second kappa shape index (κ2) is 5.21. The van der Waals surface area contributed by atoms with Crippen molar-refractivity contribution in [1.29, 1.82) is 0 Å². The summed E-state index contributed by atoms with van der Waals surface area (Å²) in [7, 11) is 0. The molecule has 1 atom stereocenters. The maximum absolute atomic E-state index is 2.34. The normalized spacial score (nSPS) is 12.5. The average Bonchev–Trinajstić information content (AvgIpc) is 2.36. The molecule has 0 aliphatic heterocycles. The molecular formula is C19H24. The zero-order valence-electron chi connectivity index (χ0n) is 13.0. The highest BCUT2D eigenvalue weighted by molar-refractivity contribution is 5.45. The molecule has 0 spiro atoms. The zero-order chi connectivity index (χ0) is 14.2. The summed E-state index contributed by atoms with van der Waals surface area (Å²) in [5, 5.41) is 0. The highest BCUT2D eigenvalue weighted by Gasteiger charge is 2.14. The first kappa shape index (κ1) is 13.9. The van der Waals surface area contributed by atoms with Crippen LogP contribution in [0.15, 0.2) is 30.3 Å². The smallest absolute Gasteiger partial charge is 0.00665 e. The van der Waals surface area contributed by atoms with Crippen LogP contribution in [0.3, 0.4) is 0 Å². The van der Waals surface area contributed by atoms with Crippen LogP contribution in [0.25, 0.3) is 0 Å². The molecule has 0 bridgehead atoms. The quantitative estimate of drug-likeness (QED) is 0.673. The molecule has 0 aliphatic carbocycles. The molecular weight excluding hydrogens is 228 g/mol. The van der Waals surface area contributed by atoms with Crippen molar-refractivity contribution >= 4 is 0 Å². The van der Waals surface area contributed by atoms with Gasteiger partial charge >= 0.3 is 0 Å². The van der Waals surface area contributed by atoms with E-state index in [1.165, 1.54) is 38.9 Å². The number of hydrogen-bond donors (Lipinski definition) is 0. The first-order valence-corrected chi connectivity index (χ1v) is 7.05. The Morgan fingerprint density at radius 1 is 0.684 bits per heavy atom. The third-order valence-corrected chi connectivity index (χ3v) is 4.22. The second-order valence-corrected chi connectivity index (χ2v) is 5.88. The van der Waals surface area contributed by atoms with Gasteiger partial charge in [-0.2, -0.15) is 0 Å². The van der Waals surface area contributed by atoms with Gasteiger partial charge in [-0.25, -0.2) is 0 Å². The van der Waals surface area contributed by atoms with E-state index in [-0.39, 0.29) is 0 Å². The lowest BCUT2D eigenvalue weighted by molar-refractivity contribution is 0.890. The van der Waals surface area contributed by atoms with Crippen molar-refractivity contribution < 1.29 is 0 Å². The van der Waals surface area contributed by atoms with Crippen LogP contribution < -0.4 is 0 Å². The Morgan fingerprint density at radius 3 is 2.00 bits per heavy atom. The Morgan fingerprint density at radius 2 is 1.32 bits per heavy atom. The summed E-state index contributed by atoms with van der Waals surface area (Å²) in [6, 6.07) is 11.4. The van der Waals surface area contributed by atoms with Crippen LogP contribution >= 0.6 is 0 Å². The summed E-state index contributed by atoms with van der Waals surface area (Å²) in [5.41, 5.74) is 9.83. The van der Waals surface area contributed by atoms with Gasteiger partial charge in [-0.3, -0.25) is 0 Å². The van der Waals surface area contributed by atoms with Crippen LogP contribution in [0.1, 0.15) is 51.8 Å². The number of benzene rings is 2. The molecule has 100 valence electrons. The van der Waals surface area contributed by atoms with E-state index in [9.17, 15) is 0 Å². The monoisotopic (exact) mass is 252 g/mol. The molecule has 0 aromatic heterocycles. The van der Waals surface area contributed by atoms with Crippen molar-refractivity contribution in [2.45, 2.75) is 47.5 Å². The largest absolute Gasteiger partial charge is 0.0590 e.